The monoisotopic (exact) mass is 388 g/mol. The number of anilines is 1. The highest BCUT2D eigenvalue weighted by atomic mass is 32.1. The minimum absolute atomic E-state index is 0.241. The molecule has 0 aliphatic rings. The number of amides is 1. The van der Waals surface area contributed by atoms with Gasteiger partial charge in [-0.25, -0.2) is 9.37 Å². The molecule has 0 bridgehead atoms. The number of benzene rings is 2. The second kappa shape index (κ2) is 8.45. The number of nitrogens with one attached hydrogen (secondary N) is 1. The van der Waals surface area contributed by atoms with Gasteiger partial charge < -0.3 is 9.64 Å². The summed E-state index contributed by atoms with van der Waals surface area (Å²) in [6.07, 6.45) is 0.822. The Bertz CT molecular complexity index is 942. The van der Waals surface area contributed by atoms with Crippen molar-refractivity contribution in [2.24, 2.45) is 0 Å². The molecule has 1 N–H and O–H groups in total. The number of carbonyl (C=O) groups is 1. The van der Waals surface area contributed by atoms with E-state index in [9.17, 15) is 9.18 Å². The average molecular weight is 388 g/mol. The maximum Gasteiger partial charge on any atom is 0.260 e. The van der Waals surface area contributed by atoms with Crippen molar-refractivity contribution in [1.82, 2.24) is 4.98 Å². The van der Waals surface area contributed by atoms with E-state index < -0.39 is 5.82 Å². The molecule has 142 valence electrons. The molecule has 2 aromatic carbocycles. The van der Waals surface area contributed by atoms with E-state index in [1.807, 2.05) is 18.2 Å². The Hall–Kier alpha value is -2.51. The van der Waals surface area contributed by atoms with Gasteiger partial charge in [0.05, 0.1) is 38.0 Å². The number of methoxy groups -OCH3 is 1. The van der Waals surface area contributed by atoms with Crippen molar-refractivity contribution < 1.29 is 18.8 Å². The molecule has 0 aliphatic heterocycles. The summed E-state index contributed by atoms with van der Waals surface area (Å²) in [4.78, 5) is 20.7. The zero-order valence-electron chi connectivity index (χ0n) is 15.7. The number of aromatic nitrogens is 1. The van der Waals surface area contributed by atoms with Crippen LogP contribution in [0, 0.1) is 5.82 Å². The van der Waals surface area contributed by atoms with Crippen molar-refractivity contribution in [3.05, 3.63) is 53.8 Å². The highest BCUT2D eigenvalue weighted by molar-refractivity contribution is 7.22. The first-order valence-corrected chi connectivity index (χ1v) is 9.60. The Labute approximate surface area is 162 Å². The van der Waals surface area contributed by atoms with E-state index in [1.165, 1.54) is 28.4 Å². The van der Waals surface area contributed by atoms with Crippen LogP contribution >= 0.6 is 11.3 Å². The number of hydrogen-bond acceptors (Lipinski definition) is 4. The minimum atomic E-state index is -0.424. The van der Waals surface area contributed by atoms with E-state index in [0.717, 1.165) is 28.9 Å². The van der Waals surface area contributed by atoms with Gasteiger partial charge in [0.1, 0.15) is 11.6 Å². The van der Waals surface area contributed by atoms with Gasteiger partial charge >= 0.3 is 0 Å². The highest BCUT2D eigenvalue weighted by Crippen LogP contribution is 2.32. The van der Waals surface area contributed by atoms with Crippen molar-refractivity contribution in [2.75, 3.05) is 39.2 Å². The molecule has 1 amide bonds. The molecular weight excluding hydrogens is 365 g/mol. The van der Waals surface area contributed by atoms with E-state index in [4.69, 9.17) is 4.74 Å². The lowest BCUT2D eigenvalue weighted by Crippen LogP contribution is -3.05. The van der Waals surface area contributed by atoms with Crippen LogP contribution in [0.4, 0.5) is 9.52 Å². The standard InChI is InChI=1S/C20H22FN3O2S/c1-23(2)10-5-11-24(19(25)14-6-4-7-15(21)12-14)20-22-17-13-16(26-3)8-9-18(17)27-20/h4,6-9,12-13H,5,10-11H2,1-3H3/p+1. The average Bonchev–Trinajstić information content (AvgIpc) is 3.07. The molecule has 1 aromatic heterocycles. The van der Waals surface area contributed by atoms with Gasteiger partial charge in [0.15, 0.2) is 5.13 Å². The summed E-state index contributed by atoms with van der Waals surface area (Å²) in [7, 11) is 5.75. The number of hydrogen-bond donors (Lipinski definition) is 1. The second-order valence-corrected chi connectivity index (χ2v) is 7.62. The molecule has 0 aliphatic carbocycles. The number of rotatable bonds is 7. The van der Waals surface area contributed by atoms with Crippen LogP contribution in [0.5, 0.6) is 5.75 Å². The Morgan fingerprint density at radius 2 is 2.07 bits per heavy atom. The molecule has 0 atom stereocenters. The van der Waals surface area contributed by atoms with Crippen LogP contribution in [0.25, 0.3) is 10.2 Å². The van der Waals surface area contributed by atoms with Crippen LogP contribution in [0.1, 0.15) is 16.8 Å². The SMILES string of the molecule is COc1ccc2sc(N(CCC[NH+](C)C)C(=O)c3cccc(F)c3)nc2c1. The van der Waals surface area contributed by atoms with Crippen LogP contribution in [-0.4, -0.2) is 45.2 Å². The molecule has 0 saturated heterocycles. The maximum atomic E-state index is 13.6. The zero-order valence-corrected chi connectivity index (χ0v) is 16.5. The van der Waals surface area contributed by atoms with Crippen LogP contribution in [-0.2, 0) is 0 Å². The molecule has 0 saturated carbocycles. The van der Waals surface area contributed by atoms with Gasteiger partial charge in [-0.3, -0.25) is 9.69 Å². The number of ether oxygens (including phenoxy) is 1. The number of nitrogens with zero attached hydrogens (tertiary/aromatic N) is 2. The maximum absolute atomic E-state index is 13.6. The van der Waals surface area contributed by atoms with Crippen LogP contribution in [0.3, 0.4) is 0 Å². The third kappa shape index (κ3) is 4.61. The fraction of sp³-hybridized carbons (Fsp3) is 0.300. The molecule has 1 heterocycles. The summed E-state index contributed by atoms with van der Waals surface area (Å²) < 4.78 is 19.8. The Morgan fingerprint density at radius 1 is 1.26 bits per heavy atom. The van der Waals surface area contributed by atoms with Crippen molar-refractivity contribution in [2.45, 2.75) is 6.42 Å². The molecule has 3 aromatic rings. The zero-order chi connectivity index (χ0) is 19.4. The second-order valence-electron chi connectivity index (χ2n) is 6.61. The van der Waals surface area contributed by atoms with E-state index >= 15 is 0 Å². The largest absolute Gasteiger partial charge is 0.497 e. The summed E-state index contributed by atoms with van der Waals surface area (Å²) >= 11 is 1.45. The van der Waals surface area contributed by atoms with E-state index in [0.29, 0.717) is 17.2 Å². The van der Waals surface area contributed by atoms with Gasteiger partial charge in [0.2, 0.25) is 0 Å². The smallest absolute Gasteiger partial charge is 0.260 e. The van der Waals surface area contributed by atoms with Gasteiger partial charge in [-0.2, -0.15) is 0 Å². The summed E-state index contributed by atoms with van der Waals surface area (Å²) in [5.74, 6) is 0.0559. The van der Waals surface area contributed by atoms with Gasteiger partial charge in [-0.05, 0) is 30.3 Å². The van der Waals surface area contributed by atoms with E-state index in [1.54, 1.807) is 24.1 Å². The molecule has 3 rings (SSSR count). The normalized spacial score (nSPS) is 11.1. The van der Waals surface area contributed by atoms with E-state index in [2.05, 4.69) is 19.1 Å². The summed E-state index contributed by atoms with van der Waals surface area (Å²) in [6, 6.07) is 11.4. The predicted molar refractivity (Wildman–Crippen MR) is 107 cm³/mol. The molecular formula is C20H23FN3O2S+. The first-order valence-electron chi connectivity index (χ1n) is 8.79. The van der Waals surface area contributed by atoms with E-state index in [-0.39, 0.29) is 5.91 Å². The van der Waals surface area contributed by atoms with Gasteiger partial charge in [0, 0.05) is 24.6 Å². The third-order valence-electron chi connectivity index (χ3n) is 4.19. The minimum Gasteiger partial charge on any atom is -0.497 e. The molecule has 0 unspecified atom stereocenters. The lowest BCUT2D eigenvalue weighted by atomic mass is 10.2. The van der Waals surface area contributed by atoms with Crippen molar-refractivity contribution in [1.29, 1.82) is 0 Å². The van der Waals surface area contributed by atoms with Crippen LogP contribution < -0.4 is 14.5 Å². The number of carbonyl (C=O) groups excluding carboxylic acids is 1. The molecule has 0 spiro atoms. The van der Waals surface area contributed by atoms with Crippen LogP contribution in [0.15, 0.2) is 42.5 Å². The number of thiazole rings is 1. The topological polar surface area (TPSA) is 46.9 Å². The Morgan fingerprint density at radius 3 is 2.78 bits per heavy atom. The Balaban J connectivity index is 1.94. The molecule has 27 heavy (non-hydrogen) atoms. The lowest BCUT2D eigenvalue weighted by Gasteiger charge is -2.20. The Kier molecular flexibility index (Phi) is 6.03. The summed E-state index contributed by atoms with van der Waals surface area (Å²) in [6.45, 7) is 1.45. The van der Waals surface area contributed by atoms with Crippen molar-refractivity contribution >= 4 is 32.6 Å². The summed E-state index contributed by atoms with van der Waals surface area (Å²) in [5, 5.41) is 0.612. The number of halogens is 1. The van der Waals surface area contributed by atoms with Crippen molar-refractivity contribution in [3.8, 4) is 5.75 Å². The van der Waals surface area contributed by atoms with Gasteiger partial charge in [-0.1, -0.05) is 17.4 Å². The molecule has 5 nitrogen and oxygen atoms in total. The number of quaternary nitrogens is 1. The first-order chi connectivity index (χ1) is 13.0. The van der Waals surface area contributed by atoms with Crippen molar-refractivity contribution in [3.63, 3.8) is 0 Å². The molecule has 7 heteroatoms. The predicted octanol–water partition coefficient (Wildman–Crippen LogP) is 2.63. The molecule has 0 radical (unpaired) electrons. The third-order valence-corrected chi connectivity index (χ3v) is 5.25. The highest BCUT2D eigenvalue weighted by Gasteiger charge is 2.22. The van der Waals surface area contributed by atoms with Crippen LogP contribution in [0.2, 0.25) is 0 Å². The fourth-order valence-electron chi connectivity index (χ4n) is 2.79. The molecule has 0 fully saturated rings. The van der Waals surface area contributed by atoms with Gasteiger partial charge in [-0.15, -0.1) is 0 Å². The first kappa shape index (κ1) is 19.3. The fourth-order valence-corrected chi connectivity index (χ4v) is 3.76. The van der Waals surface area contributed by atoms with Gasteiger partial charge in [0.25, 0.3) is 5.91 Å². The lowest BCUT2D eigenvalue weighted by molar-refractivity contribution is -0.858. The number of fused-ring (bicyclic) bond motifs is 1. The summed E-state index contributed by atoms with van der Waals surface area (Å²) in [5.41, 5.74) is 1.11. The quantitative estimate of drug-likeness (QED) is 0.677.